The molecule has 0 aliphatic carbocycles. The van der Waals surface area contributed by atoms with Crippen LogP contribution in [0.4, 0.5) is 10.5 Å². The van der Waals surface area contributed by atoms with Crippen LogP contribution in [0.2, 0.25) is 0 Å². The van der Waals surface area contributed by atoms with E-state index < -0.39 is 11.8 Å². The quantitative estimate of drug-likeness (QED) is 0.777. The van der Waals surface area contributed by atoms with Gasteiger partial charge in [-0.2, -0.15) is 0 Å². The second-order valence-electron chi connectivity index (χ2n) is 5.85. The van der Waals surface area contributed by atoms with Gasteiger partial charge in [-0.25, -0.2) is 4.79 Å². The minimum Gasteiger partial charge on any atom is -0.494 e. The predicted octanol–water partition coefficient (Wildman–Crippen LogP) is 1.76. The number of ether oxygens (including phenoxy) is 2. The molecular formula is C18H25N3O5. The fourth-order valence-electron chi connectivity index (χ4n) is 2.66. The van der Waals surface area contributed by atoms with Gasteiger partial charge in [0.1, 0.15) is 5.75 Å². The summed E-state index contributed by atoms with van der Waals surface area (Å²) in [6, 6.07) is 6.66. The summed E-state index contributed by atoms with van der Waals surface area (Å²) in [7, 11) is 0. The zero-order valence-corrected chi connectivity index (χ0v) is 15.1. The van der Waals surface area contributed by atoms with Crippen LogP contribution in [0.5, 0.6) is 5.75 Å². The standard InChI is InChI=1S/C18H25N3O5/c1-3-25-15-7-5-13(6-8-15)19-16(22)17(23)20-14-9-11-21(12-10-14)18(24)26-4-2/h5-8,14H,3-4,9-12H2,1-2H3,(H,19,22)(H,20,23). The van der Waals surface area contributed by atoms with E-state index in [2.05, 4.69) is 10.6 Å². The summed E-state index contributed by atoms with van der Waals surface area (Å²) in [6.45, 7) is 5.52. The predicted molar refractivity (Wildman–Crippen MR) is 96.0 cm³/mol. The van der Waals surface area contributed by atoms with Gasteiger partial charge in [-0.1, -0.05) is 0 Å². The van der Waals surface area contributed by atoms with Crippen molar-refractivity contribution in [1.29, 1.82) is 0 Å². The maximum Gasteiger partial charge on any atom is 0.409 e. The Balaban J connectivity index is 1.77. The number of likely N-dealkylation sites (tertiary alicyclic amines) is 1. The molecule has 1 heterocycles. The molecule has 1 aliphatic rings. The Labute approximate surface area is 152 Å². The lowest BCUT2D eigenvalue weighted by molar-refractivity contribution is -0.136. The van der Waals surface area contributed by atoms with Crippen LogP contribution in [0.1, 0.15) is 26.7 Å². The minimum atomic E-state index is -0.720. The Kier molecular flexibility index (Phi) is 7.25. The van der Waals surface area contributed by atoms with Crippen molar-refractivity contribution in [2.45, 2.75) is 32.7 Å². The van der Waals surface area contributed by atoms with Crippen molar-refractivity contribution in [2.75, 3.05) is 31.6 Å². The van der Waals surface area contributed by atoms with Crippen molar-refractivity contribution in [3.63, 3.8) is 0 Å². The van der Waals surface area contributed by atoms with E-state index in [1.807, 2.05) is 6.92 Å². The van der Waals surface area contributed by atoms with Crippen LogP contribution in [0.15, 0.2) is 24.3 Å². The highest BCUT2D eigenvalue weighted by Gasteiger charge is 2.26. The van der Waals surface area contributed by atoms with Crippen molar-refractivity contribution in [3.05, 3.63) is 24.3 Å². The first-order chi connectivity index (χ1) is 12.5. The first kappa shape index (κ1) is 19.6. The van der Waals surface area contributed by atoms with Gasteiger partial charge in [0.05, 0.1) is 13.2 Å². The van der Waals surface area contributed by atoms with Crippen LogP contribution >= 0.6 is 0 Å². The normalized spacial score (nSPS) is 14.5. The first-order valence-electron chi connectivity index (χ1n) is 8.79. The SMILES string of the molecule is CCOC(=O)N1CCC(NC(=O)C(=O)Nc2ccc(OCC)cc2)CC1. The molecule has 1 fully saturated rings. The molecule has 2 N–H and O–H groups in total. The Bertz CT molecular complexity index is 624. The van der Waals surface area contributed by atoms with Gasteiger partial charge in [-0.15, -0.1) is 0 Å². The number of rotatable bonds is 5. The zero-order chi connectivity index (χ0) is 18.9. The van der Waals surface area contributed by atoms with Gasteiger partial charge < -0.3 is 25.0 Å². The lowest BCUT2D eigenvalue weighted by Crippen LogP contribution is -2.49. The largest absolute Gasteiger partial charge is 0.494 e. The maximum absolute atomic E-state index is 12.0. The highest BCUT2D eigenvalue weighted by atomic mass is 16.6. The molecule has 8 heteroatoms. The lowest BCUT2D eigenvalue weighted by Gasteiger charge is -2.31. The summed E-state index contributed by atoms with van der Waals surface area (Å²) >= 11 is 0. The number of hydrogen-bond acceptors (Lipinski definition) is 5. The zero-order valence-electron chi connectivity index (χ0n) is 15.1. The van der Waals surface area contributed by atoms with E-state index in [0.29, 0.717) is 50.6 Å². The third-order valence-corrected chi connectivity index (χ3v) is 3.99. The first-order valence-corrected chi connectivity index (χ1v) is 8.79. The average molecular weight is 363 g/mol. The monoisotopic (exact) mass is 363 g/mol. The Morgan fingerprint density at radius 1 is 1.04 bits per heavy atom. The summed E-state index contributed by atoms with van der Waals surface area (Å²) in [6.07, 6.45) is 0.826. The summed E-state index contributed by atoms with van der Waals surface area (Å²) in [5.74, 6) is -0.709. The van der Waals surface area contributed by atoms with Gasteiger partial charge in [-0.3, -0.25) is 9.59 Å². The number of carbonyl (C=O) groups excluding carboxylic acids is 3. The van der Waals surface area contributed by atoms with Crippen LogP contribution in [-0.4, -0.2) is 55.2 Å². The second kappa shape index (κ2) is 9.65. The Morgan fingerprint density at radius 3 is 2.27 bits per heavy atom. The van der Waals surface area contributed by atoms with E-state index in [-0.39, 0.29) is 12.1 Å². The van der Waals surface area contributed by atoms with Crippen molar-refractivity contribution in [3.8, 4) is 5.75 Å². The van der Waals surface area contributed by atoms with E-state index >= 15 is 0 Å². The van der Waals surface area contributed by atoms with Gasteiger partial charge in [0, 0.05) is 24.8 Å². The van der Waals surface area contributed by atoms with Crippen molar-refractivity contribution >= 4 is 23.6 Å². The number of benzene rings is 1. The molecule has 0 aromatic heterocycles. The maximum atomic E-state index is 12.0. The van der Waals surface area contributed by atoms with Crippen LogP contribution in [0.25, 0.3) is 0 Å². The molecule has 8 nitrogen and oxygen atoms in total. The van der Waals surface area contributed by atoms with Crippen molar-refractivity contribution in [1.82, 2.24) is 10.2 Å². The molecule has 0 radical (unpaired) electrons. The van der Waals surface area contributed by atoms with Gasteiger partial charge in [0.25, 0.3) is 0 Å². The average Bonchev–Trinajstić information content (AvgIpc) is 2.64. The van der Waals surface area contributed by atoms with Crippen LogP contribution in [0, 0.1) is 0 Å². The topological polar surface area (TPSA) is 97.0 Å². The molecular weight excluding hydrogens is 338 g/mol. The highest BCUT2D eigenvalue weighted by Crippen LogP contribution is 2.16. The molecule has 1 aromatic carbocycles. The third-order valence-electron chi connectivity index (χ3n) is 3.99. The van der Waals surface area contributed by atoms with E-state index in [4.69, 9.17) is 9.47 Å². The summed E-state index contributed by atoms with van der Waals surface area (Å²) in [4.78, 5) is 37.3. The molecule has 1 aliphatic heterocycles. The number of anilines is 1. The molecule has 3 amide bonds. The van der Waals surface area contributed by atoms with E-state index in [9.17, 15) is 14.4 Å². The molecule has 0 saturated carbocycles. The van der Waals surface area contributed by atoms with Gasteiger partial charge >= 0.3 is 17.9 Å². The van der Waals surface area contributed by atoms with E-state index in [1.54, 1.807) is 36.1 Å². The van der Waals surface area contributed by atoms with Gasteiger partial charge in [-0.05, 0) is 51.0 Å². The number of nitrogens with zero attached hydrogens (tertiary/aromatic N) is 1. The fraction of sp³-hybridized carbons (Fsp3) is 0.500. The third kappa shape index (κ3) is 5.65. The molecule has 0 bridgehead atoms. The minimum absolute atomic E-state index is 0.140. The molecule has 0 unspecified atom stereocenters. The number of carbonyl (C=O) groups is 3. The number of amides is 3. The van der Waals surface area contributed by atoms with Crippen LogP contribution < -0.4 is 15.4 Å². The molecule has 2 rings (SSSR count). The van der Waals surface area contributed by atoms with Crippen LogP contribution in [0.3, 0.4) is 0 Å². The Hall–Kier alpha value is -2.77. The smallest absolute Gasteiger partial charge is 0.409 e. The highest BCUT2D eigenvalue weighted by molar-refractivity contribution is 6.39. The van der Waals surface area contributed by atoms with Crippen LogP contribution in [-0.2, 0) is 14.3 Å². The number of piperidine rings is 1. The second-order valence-corrected chi connectivity index (χ2v) is 5.85. The van der Waals surface area contributed by atoms with Gasteiger partial charge in [0.2, 0.25) is 0 Å². The van der Waals surface area contributed by atoms with E-state index in [0.717, 1.165) is 0 Å². The van der Waals surface area contributed by atoms with Crippen molar-refractivity contribution < 1.29 is 23.9 Å². The summed E-state index contributed by atoms with van der Waals surface area (Å²) in [5.41, 5.74) is 0.519. The molecule has 1 aromatic rings. The fourth-order valence-corrected chi connectivity index (χ4v) is 2.66. The molecule has 0 spiro atoms. The summed E-state index contributed by atoms with van der Waals surface area (Å²) < 4.78 is 10.3. The van der Waals surface area contributed by atoms with Gasteiger partial charge in [0.15, 0.2) is 0 Å². The molecule has 142 valence electrons. The molecule has 1 saturated heterocycles. The van der Waals surface area contributed by atoms with E-state index in [1.165, 1.54) is 0 Å². The lowest BCUT2D eigenvalue weighted by atomic mass is 10.1. The molecule has 0 atom stereocenters. The van der Waals surface area contributed by atoms with Crippen molar-refractivity contribution in [2.24, 2.45) is 0 Å². The summed E-state index contributed by atoms with van der Waals surface area (Å²) in [5, 5.41) is 5.26. The number of hydrogen-bond donors (Lipinski definition) is 2. The Morgan fingerprint density at radius 2 is 1.69 bits per heavy atom. The number of nitrogens with one attached hydrogen (secondary N) is 2. The molecule has 26 heavy (non-hydrogen) atoms.